The summed E-state index contributed by atoms with van der Waals surface area (Å²) >= 11 is 3.34. The topological polar surface area (TPSA) is 81.8 Å². The van der Waals surface area contributed by atoms with Crippen molar-refractivity contribution >= 4 is 21.9 Å². The van der Waals surface area contributed by atoms with E-state index < -0.39 is 12.0 Å². The number of nitrogens with two attached hydrogens (primary N) is 1. The van der Waals surface area contributed by atoms with Crippen LogP contribution in [0.1, 0.15) is 5.56 Å². The van der Waals surface area contributed by atoms with Crippen molar-refractivity contribution in [3.05, 3.63) is 22.2 Å². The van der Waals surface area contributed by atoms with E-state index in [0.29, 0.717) is 11.5 Å². The number of carboxylic acid groups (broad SMARTS) is 1. The van der Waals surface area contributed by atoms with Crippen molar-refractivity contribution in [2.24, 2.45) is 5.73 Å². The van der Waals surface area contributed by atoms with Crippen molar-refractivity contribution < 1.29 is 19.4 Å². The first-order valence-electron chi connectivity index (χ1n) is 4.64. The summed E-state index contributed by atoms with van der Waals surface area (Å²) in [6, 6.07) is 2.58. The molecular formula is C10H10BrNO4. The normalized spacial score (nSPS) is 14.9. The number of hydrogen-bond acceptors (Lipinski definition) is 4. The Kier molecular flexibility index (Phi) is 3.02. The number of carboxylic acids is 1. The highest BCUT2D eigenvalue weighted by molar-refractivity contribution is 9.10. The van der Waals surface area contributed by atoms with Crippen molar-refractivity contribution in [3.63, 3.8) is 0 Å². The first-order chi connectivity index (χ1) is 7.58. The molecule has 1 aromatic carbocycles. The second kappa shape index (κ2) is 4.31. The smallest absolute Gasteiger partial charge is 0.320 e. The highest BCUT2D eigenvalue weighted by atomic mass is 79.9. The zero-order valence-corrected chi connectivity index (χ0v) is 9.86. The number of hydrogen-bond donors (Lipinski definition) is 2. The lowest BCUT2D eigenvalue weighted by molar-refractivity contribution is -0.138. The number of halogens is 1. The van der Waals surface area contributed by atoms with Gasteiger partial charge in [-0.25, -0.2) is 0 Å². The molecule has 3 N–H and O–H groups in total. The van der Waals surface area contributed by atoms with Gasteiger partial charge >= 0.3 is 5.97 Å². The van der Waals surface area contributed by atoms with Gasteiger partial charge in [-0.05, 0) is 24.1 Å². The summed E-state index contributed by atoms with van der Waals surface area (Å²) in [5.74, 6) is 0.250. The van der Waals surface area contributed by atoms with E-state index in [0.717, 1.165) is 10.0 Å². The van der Waals surface area contributed by atoms with Crippen LogP contribution in [0.2, 0.25) is 0 Å². The fourth-order valence-corrected chi connectivity index (χ4v) is 1.92. The van der Waals surface area contributed by atoms with Crippen LogP contribution in [0.3, 0.4) is 0 Å². The van der Waals surface area contributed by atoms with Gasteiger partial charge in [0.05, 0.1) is 0 Å². The van der Waals surface area contributed by atoms with Crippen LogP contribution in [0, 0.1) is 0 Å². The third kappa shape index (κ3) is 2.12. The maximum absolute atomic E-state index is 10.7. The van der Waals surface area contributed by atoms with Crippen LogP contribution in [0.5, 0.6) is 11.5 Å². The summed E-state index contributed by atoms with van der Waals surface area (Å²) in [5.41, 5.74) is 6.26. The van der Waals surface area contributed by atoms with E-state index in [1.807, 2.05) is 0 Å². The SMILES string of the molecule is NC(Cc1cc2c(cc1Br)OCO2)C(=O)O. The van der Waals surface area contributed by atoms with Crippen LogP contribution in [-0.4, -0.2) is 23.9 Å². The minimum atomic E-state index is -1.02. The number of benzene rings is 1. The van der Waals surface area contributed by atoms with E-state index in [9.17, 15) is 4.79 Å². The molecule has 0 spiro atoms. The van der Waals surface area contributed by atoms with Gasteiger partial charge in [-0.3, -0.25) is 4.79 Å². The zero-order chi connectivity index (χ0) is 11.7. The van der Waals surface area contributed by atoms with Crippen LogP contribution >= 0.6 is 15.9 Å². The molecule has 1 heterocycles. The van der Waals surface area contributed by atoms with Gasteiger partial charge < -0.3 is 20.3 Å². The highest BCUT2D eigenvalue weighted by Gasteiger charge is 2.19. The van der Waals surface area contributed by atoms with E-state index in [1.165, 1.54) is 0 Å². The third-order valence-electron chi connectivity index (χ3n) is 2.30. The molecule has 2 rings (SSSR count). The molecule has 0 fully saturated rings. The van der Waals surface area contributed by atoms with Gasteiger partial charge in [0.25, 0.3) is 0 Å². The molecule has 1 unspecified atom stereocenters. The minimum Gasteiger partial charge on any atom is -0.480 e. The molecule has 0 saturated heterocycles. The molecule has 1 aromatic rings. The van der Waals surface area contributed by atoms with E-state index in [2.05, 4.69) is 15.9 Å². The summed E-state index contributed by atoms with van der Waals surface area (Å²) < 4.78 is 11.2. The van der Waals surface area contributed by atoms with Crippen LogP contribution in [-0.2, 0) is 11.2 Å². The summed E-state index contributed by atoms with van der Waals surface area (Å²) in [6.07, 6.45) is 0.243. The number of rotatable bonds is 3. The quantitative estimate of drug-likeness (QED) is 0.871. The Balaban J connectivity index is 2.25. The fraction of sp³-hybridized carbons (Fsp3) is 0.300. The monoisotopic (exact) mass is 287 g/mol. The van der Waals surface area contributed by atoms with Gasteiger partial charge in [-0.2, -0.15) is 0 Å². The highest BCUT2D eigenvalue weighted by Crippen LogP contribution is 2.37. The van der Waals surface area contributed by atoms with Gasteiger partial charge in [-0.15, -0.1) is 0 Å². The number of ether oxygens (including phenoxy) is 2. The molecule has 1 atom stereocenters. The molecule has 0 saturated carbocycles. The predicted molar refractivity (Wildman–Crippen MR) is 59.6 cm³/mol. The Morgan fingerprint density at radius 2 is 2.12 bits per heavy atom. The summed E-state index contributed by atoms with van der Waals surface area (Å²) in [5, 5.41) is 8.73. The second-order valence-corrected chi connectivity index (χ2v) is 4.30. The van der Waals surface area contributed by atoms with E-state index >= 15 is 0 Å². The summed E-state index contributed by atoms with van der Waals surface area (Å²) in [4.78, 5) is 10.7. The molecule has 1 aliphatic rings. The lowest BCUT2D eigenvalue weighted by Crippen LogP contribution is -2.32. The number of aliphatic carboxylic acids is 1. The van der Waals surface area contributed by atoms with E-state index in [4.69, 9.17) is 20.3 Å². The average Bonchev–Trinajstić information content (AvgIpc) is 2.65. The van der Waals surface area contributed by atoms with Crippen molar-refractivity contribution in [1.82, 2.24) is 0 Å². The Labute approximate surface area is 100 Å². The largest absolute Gasteiger partial charge is 0.480 e. The average molecular weight is 288 g/mol. The first-order valence-corrected chi connectivity index (χ1v) is 5.43. The molecular weight excluding hydrogens is 278 g/mol. The minimum absolute atomic E-state index is 0.191. The molecule has 0 bridgehead atoms. The molecule has 0 aromatic heterocycles. The summed E-state index contributed by atoms with van der Waals surface area (Å²) in [6.45, 7) is 0.191. The van der Waals surface area contributed by atoms with Crippen molar-refractivity contribution in [2.75, 3.05) is 6.79 Å². The van der Waals surface area contributed by atoms with Gasteiger partial charge in [0.15, 0.2) is 11.5 Å². The molecule has 86 valence electrons. The maximum atomic E-state index is 10.7. The Morgan fingerprint density at radius 3 is 2.75 bits per heavy atom. The molecule has 1 aliphatic heterocycles. The lowest BCUT2D eigenvalue weighted by atomic mass is 10.1. The molecule has 16 heavy (non-hydrogen) atoms. The van der Waals surface area contributed by atoms with Crippen molar-refractivity contribution in [3.8, 4) is 11.5 Å². The molecule has 0 aliphatic carbocycles. The number of carbonyl (C=O) groups is 1. The van der Waals surface area contributed by atoms with Crippen LogP contribution in [0.4, 0.5) is 0 Å². The zero-order valence-electron chi connectivity index (χ0n) is 8.27. The molecule has 0 amide bonds. The molecule has 0 radical (unpaired) electrons. The Morgan fingerprint density at radius 1 is 1.50 bits per heavy atom. The maximum Gasteiger partial charge on any atom is 0.320 e. The Bertz CT molecular complexity index is 435. The summed E-state index contributed by atoms with van der Waals surface area (Å²) in [7, 11) is 0. The number of fused-ring (bicyclic) bond motifs is 1. The van der Waals surface area contributed by atoms with Crippen LogP contribution in [0.25, 0.3) is 0 Å². The van der Waals surface area contributed by atoms with Gasteiger partial charge in [-0.1, -0.05) is 15.9 Å². The third-order valence-corrected chi connectivity index (χ3v) is 3.04. The molecule has 5 nitrogen and oxygen atoms in total. The van der Waals surface area contributed by atoms with E-state index in [-0.39, 0.29) is 13.2 Å². The predicted octanol–water partition coefficient (Wildman–Crippen LogP) is 1.13. The second-order valence-electron chi connectivity index (χ2n) is 3.45. The lowest BCUT2D eigenvalue weighted by Gasteiger charge is -2.09. The fourth-order valence-electron chi connectivity index (χ4n) is 1.44. The van der Waals surface area contributed by atoms with Crippen molar-refractivity contribution in [1.29, 1.82) is 0 Å². The van der Waals surface area contributed by atoms with Gasteiger partial charge in [0.2, 0.25) is 6.79 Å². The van der Waals surface area contributed by atoms with Crippen molar-refractivity contribution in [2.45, 2.75) is 12.5 Å². The van der Waals surface area contributed by atoms with Gasteiger partial charge in [0.1, 0.15) is 6.04 Å². The molecule has 6 heteroatoms. The van der Waals surface area contributed by atoms with Crippen LogP contribution < -0.4 is 15.2 Å². The first kappa shape index (κ1) is 11.2. The Hall–Kier alpha value is -1.27. The standard InChI is InChI=1S/C10H10BrNO4/c11-6-3-9-8(15-4-16-9)2-5(6)1-7(12)10(13)14/h2-3,7H,1,4,12H2,(H,13,14). The van der Waals surface area contributed by atoms with Crippen LogP contribution in [0.15, 0.2) is 16.6 Å². The van der Waals surface area contributed by atoms with E-state index in [1.54, 1.807) is 12.1 Å². The van der Waals surface area contributed by atoms with Gasteiger partial charge in [0, 0.05) is 4.47 Å².